The fraction of sp³-hybridized carbons (Fsp3) is 0.814. The molecule has 0 aromatic heterocycles. The van der Waals surface area contributed by atoms with Gasteiger partial charge in [0.2, 0.25) is 5.91 Å². The van der Waals surface area contributed by atoms with Crippen molar-refractivity contribution in [2.75, 3.05) is 71.1 Å². The number of carbonyl (C=O) groups is 3. The predicted molar refractivity (Wildman–Crippen MR) is 322 cm³/mol. The Kier molecular flexibility index (Phi) is 30.4. The van der Waals surface area contributed by atoms with Gasteiger partial charge in [0.15, 0.2) is 37.7 Å². The first-order valence-electron chi connectivity index (χ1n) is 32.5. The number of rotatable bonds is 23. The van der Waals surface area contributed by atoms with E-state index < -0.39 is 236 Å². The SMILES string of the molecule is NCCCCCCNC(=O)NCCCCCCNC(=O)Nc1ccc(/C=C/C(=O)NC[C@H]2O[C@@H]3O[C@H]4[C@H](O)[C@@H](O)[C@@H](O[C@H]5[C@H](O)[C@@H](O)[C@@H](O[C@H]6[C@H](O)[C@@H](O)[C@@H](O[C@H]7[C@H](O)[C@@H](O)[C@@H](O[C@H]8[C@H](O)[C@@H](O)[C@@H](O[C@H]2[C@H](O)[C@H]3O)O[C@@H]8CO)O[C@@H]7CO)O[C@@H]6CO)O[C@@H]5CO)O[C@@H]4CO)cc1. The van der Waals surface area contributed by atoms with Crippen LogP contribution in [-0.4, -0.2) is 355 Å². The highest BCUT2D eigenvalue weighted by Crippen LogP contribution is 2.38. The van der Waals surface area contributed by atoms with Crippen molar-refractivity contribution in [3.05, 3.63) is 35.9 Å². The average Bonchev–Trinajstić information content (AvgIpc) is 0.783. The number of amides is 5. The van der Waals surface area contributed by atoms with Gasteiger partial charge in [-0.05, 0) is 56.0 Å². The Hall–Kier alpha value is -4.23. The molecule has 22 aliphatic heterocycles. The number of hydrogen-bond donors (Lipinski definition) is 23. The topological polar surface area (TPSA) is 592 Å². The lowest BCUT2D eigenvalue weighted by Gasteiger charge is -2.50. The van der Waals surface area contributed by atoms with Crippen LogP contribution in [0.5, 0.6) is 0 Å². The van der Waals surface area contributed by atoms with Crippen LogP contribution in [0.15, 0.2) is 30.3 Å². The summed E-state index contributed by atoms with van der Waals surface area (Å²) < 4.78 is 69.8. The third-order valence-electron chi connectivity index (χ3n) is 17.7. The highest BCUT2D eigenvalue weighted by molar-refractivity contribution is 5.92. The maximum absolute atomic E-state index is 13.5. The first-order valence-corrected chi connectivity index (χ1v) is 32.5. The van der Waals surface area contributed by atoms with Gasteiger partial charge in [-0.1, -0.05) is 37.8 Å². The van der Waals surface area contributed by atoms with Crippen LogP contribution in [0.2, 0.25) is 0 Å². The van der Waals surface area contributed by atoms with Crippen LogP contribution in [0.4, 0.5) is 15.3 Å². The second-order valence-corrected chi connectivity index (χ2v) is 24.5. The Bertz CT molecular complexity index is 2570. The van der Waals surface area contributed by atoms with Crippen LogP contribution in [0.25, 0.3) is 6.08 Å². The van der Waals surface area contributed by atoms with Gasteiger partial charge in [0.05, 0.1) is 33.0 Å². The smallest absolute Gasteiger partial charge is 0.319 e. The summed E-state index contributed by atoms with van der Waals surface area (Å²) in [6, 6.07) is 5.67. The molecule has 0 saturated carbocycles. The monoisotopic (exact) mass is 1400 g/mol. The van der Waals surface area contributed by atoms with Gasteiger partial charge >= 0.3 is 12.1 Å². The van der Waals surface area contributed by atoms with Crippen molar-refractivity contribution in [2.24, 2.45) is 5.73 Å². The molecule has 30 atom stereocenters. The standard InChI is InChI=1S/C59H96N6O32/c60-15-5-1-2-6-16-61-58(84)62-17-7-3-4-8-18-63-59(85)65-26-12-9-25(10-13-26)11-14-33(71)64-19-27-46-34(72)40(78)52(86-27)93-47-28(20-66)88-54(42(80)36(47)74)95-49-30(22-68)90-56(44(82)38(49)76)97-51-32(24-70)91-57(45(83)39(51)77)96-50-31(23-69)89-55(43(81)37(50)75)94-48-29(21-67)87-53(92-46)41(79)35(48)73/h9-14,27-32,34-57,66-70,72-83H,1-8,15-24,60H2,(H,64,71)(H2,61,62,84)(H2,63,65,85)/b14-11+/t27-,28-,29-,30-,31-,32-,34-,35-,36-,37-,38-,39-,40-,41-,42-,43-,44-,45-,46-,47-,48-,49-,50-,51-,52-,53-,54-,55-,56-,57-/m1/s1. The van der Waals surface area contributed by atoms with Gasteiger partial charge in [0, 0.05) is 37.9 Å². The molecular formula is C59H96N6O32. The summed E-state index contributed by atoms with van der Waals surface area (Å²) in [6.07, 6.45) is -50.9. The van der Waals surface area contributed by atoms with Crippen LogP contribution in [-0.2, 0) is 61.6 Å². The van der Waals surface area contributed by atoms with Crippen LogP contribution in [0, 0.1) is 0 Å². The number of hydrogen-bond acceptors (Lipinski definition) is 33. The molecule has 24 N–H and O–H groups in total. The summed E-state index contributed by atoms with van der Waals surface area (Å²) in [5, 5.41) is 204. The first-order chi connectivity index (χ1) is 46.5. The van der Waals surface area contributed by atoms with Crippen LogP contribution < -0.4 is 32.3 Å². The number of carbonyl (C=O) groups excluding carboxylic acids is 3. The molecule has 22 heterocycles. The van der Waals surface area contributed by atoms with E-state index in [-0.39, 0.29) is 6.03 Å². The minimum Gasteiger partial charge on any atom is -0.394 e. The summed E-state index contributed by atoms with van der Waals surface area (Å²) in [5.41, 5.74) is 6.41. The lowest BCUT2D eigenvalue weighted by atomic mass is 9.94. The van der Waals surface area contributed by atoms with Crippen molar-refractivity contribution >= 4 is 29.7 Å². The Labute approximate surface area is 555 Å². The lowest BCUT2D eigenvalue weighted by Crippen LogP contribution is -2.69. The largest absolute Gasteiger partial charge is 0.394 e. The molecule has 38 nitrogen and oxygen atoms in total. The van der Waals surface area contributed by atoms with Gasteiger partial charge < -0.3 is 176 Å². The van der Waals surface area contributed by atoms with Gasteiger partial charge in [-0.2, -0.15) is 0 Å². The molecule has 97 heavy (non-hydrogen) atoms. The van der Waals surface area contributed by atoms with Gasteiger partial charge in [-0.25, -0.2) is 9.59 Å². The zero-order valence-corrected chi connectivity index (χ0v) is 52.8. The molecule has 0 aliphatic carbocycles. The minimum absolute atomic E-state index is 0.206. The molecule has 12 bridgehead atoms. The molecule has 0 unspecified atom stereocenters. The van der Waals surface area contributed by atoms with E-state index in [4.69, 9.17) is 62.6 Å². The second kappa shape index (κ2) is 37.6. The lowest BCUT2D eigenvalue weighted by molar-refractivity contribution is -0.403. The van der Waals surface area contributed by atoms with E-state index in [1.807, 2.05) is 0 Å². The predicted octanol–water partition coefficient (Wildman–Crippen LogP) is -9.72. The number of anilines is 1. The summed E-state index contributed by atoms with van der Waals surface area (Å²) in [4.78, 5) is 38.1. The molecule has 22 fully saturated rings. The Morgan fingerprint density at radius 2 is 0.629 bits per heavy atom. The normalized spacial score (nSPS) is 41.2. The number of aliphatic hydroxyl groups is 17. The molecule has 554 valence electrons. The van der Waals surface area contributed by atoms with Gasteiger partial charge in [-0.15, -0.1) is 0 Å². The Morgan fingerprint density at radius 3 is 0.928 bits per heavy atom. The van der Waals surface area contributed by atoms with E-state index in [0.717, 1.165) is 51.0 Å². The van der Waals surface area contributed by atoms with Crippen molar-refractivity contribution in [3.8, 4) is 0 Å². The molecule has 5 amide bonds. The molecule has 1 aromatic carbocycles. The van der Waals surface area contributed by atoms with Gasteiger partial charge in [0.25, 0.3) is 0 Å². The molecule has 22 aliphatic rings. The Morgan fingerprint density at radius 1 is 0.351 bits per heavy atom. The number of ether oxygens (including phenoxy) is 12. The first kappa shape index (κ1) is 78.5. The fourth-order valence-electron chi connectivity index (χ4n) is 12.1. The molecule has 1 aromatic rings. The number of urea groups is 2. The number of aliphatic hydroxyl groups excluding tert-OH is 17. The fourth-order valence-corrected chi connectivity index (χ4v) is 12.1. The summed E-state index contributed by atoms with van der Waals surface area (Å²) >= 11 is 0. The molecular weight excluding hydrogens is 1300 g/mol. The minimum atomic E-state index is -2.24. The molecule has 38 heteroatoms. The van der Waals surface area contributed by atoms with Crippen molar-refractivity contribution in [1.29, 1.82) is 0 Å². The zero-order chi connectivity index (χ0) is 70.2. The van der Waals surface area contributed by atoms with Crippen molar-refractivity contribution in [1.82, 2.24) is 21.3 Å². The van der Waals surface area contributed by atoms with Gasteiger partial charge in [0.1, 0.15) is 146 Å². The third-order valence-corrected chi connectivity index (χ3v) is 17.7. The molecule has 0 radical (unpaired) electrons. The zero-order valence-electron chi connectivity index (χ0n) is 52.8. The maximum atomic E-state index is 13.5. The van der Waals surface area contributed by atoms with E-state index >= 15 is 0 Å². The number of nitrogens with one attached hydrogen (secondary N) is 5. The highest BCUT2D eigenvalue weighted by atomic mass is 16.8. The third kappa shape index (κ3) is 19.9. The van der Waals surface area contributed by atoms with Crippen molar-refractivity contribution in [2.45, 2.75) is 236 Å². The van der Waals surface area contributed by atoms with Gasteiger partial charge in [-0.3, -0.25) is 4.79 Å². The number of benzene rings is 1. The van der Waals surface area contributed by atoms with Crippen molar-refractivity contribution in [3.63, 3.8) is 0 Å². The van der Waals surface area contributed by atoms with E-state index in [1.165, 1.54) is 6.08 Å². The average molecular weight is 1400 g/mol. The van der Waals surface area contributed by atoms with E-state index in [2.05, 4.69) is 26.6 Å². The van der Waals surface area contributed by atoms with E-state index in [0.29, 0.717) is 43.9 Å². The second-order valence-electron chi connectivity index (χ2n) is 24.5. The molecule has 22 saturated heterocycles. The maximum Gasteiger partial charge on any atom is 0.319 e. The number of nitrogens with two attached hydrogens (primary N) is 1. The van der Waals surface area contributed by atoms with Crippen LogP contribution in [0.1, 0.15) is 56.9 Å². The van der Waals surface area contributed by atoms with Crippen LogP contribution >= 0.6 is 0 Å². The molecule has 0 spiro atoms. The number of unbranched alkanes of at least 4 members (excludes halogenated alkanes) is 6. The summed E-state index contributed by atoms with van der Waals surface area (Å²) in [7, 11) is 0. The van der Waals surface area contributed by atoms with E-state index in [1.54, 1.807) is 24.3 Å². The molecule has 23 rings (SSSR count). The van der Waals surface area contributed by atoms with E-state index in [9.17, 15) is 101 Å². The summed E-state index contributed by atoms with van der Waals surface area (Å²) in [6.45, 7) is -3.68. The van der Waals surface area contributed by atoms with Crippen molar-refractivity contribution < 1.29 is 158 Å². The van der Waals surface area contributed by atoms with Crippen LogP contribution in [0.3, 0.4) is 0 Å². The summed E-state index contributed by atoms with van der Waals surface area (Å²) in [5.74, 6) is -0.805. The Balaban J connectivity index is 0.948. The highest BCUT2D eigenvalue weighted by Gasteiger charge is 2.59. The quantitative estimate of drug-likeness (QED) is 0.0357.